The van der Waals surface area contributed by atoms with Gasteiger partial charge in [-0.25, -0.2) is 0 Å². The van der Waals surface area contributed by atoms with Crippen LogP contribution in [0, 0.1) is 0 Å². The number of aromatic nitrogens is 1. The van der Waals surface area contributed by atoms with Gasteiger partial charge in [-0.2, -0.15) is 8.42 Å². The maximum Gasteiger partial charge on any atom is 0.366 e. The van der Waals surface area contributed by atoms with Gasteiger partial charge in [-0.1, -0.05) is 9.04 Å². The molecule has 0 unspecified atom stereocenters. The quantitative estimate of drug-likeness (QED) is 0.790. The van der Waals surface area contributed by atoms with E-state index < -0.39 is 15.3 Å². The molecule has 7 heteroatoms. The van der Waals surface area contributed by atoms with Crippen LogP contribution >= 0.6 is 0 Å². The monoisotopic (exact) mass is 257 g/mol. The SMILES string of the molecule is O=S(=O)(F)c1occc1-c1cc(C2CC2)no1. The predicted octanol–water partition coefficient (Wildman–Crippen LogP) is 2.47. The van der Waals surface area contributed by atoms with Gasteiger partial charge in [0.05, 0.1) is 17.5 Å². The van der Waals surface area contributed by atoms with E-state index >= 15 is 0 Å². The van der Waals surface area contributed by atoms with Crippen LogP contribution in [0.3, 0.4) is 0 Å². The Hall–Kier alpha value is -1.63. The molecule has 1 fully saturated rings. The van der Waals surface area contributed by atoms with Gasteiger partial charge in [0.15, 0.2) is 5.76 Å². The predicted molar refractivity (Wildman–Crippen MR) is 54.5 cm³/mol. The zero-order valence-electron chi connectivity index (χ0n) is 8.59. The van der Waals surface area contributed by atoms with E-state index in [0.717, 1.165) is 24.8 Å². The van der Waals surface area contributed by atoms with E-state index in [-0.39, 0.29) is 11.3 Å². The van der Waals surface area contributed by atoms with Crippen molar-refractivity contribution < 1.29 is 21.2 Å². The summed E-state index contributed by atoms with van der Waals surface area (Å²) in [4.78, 5) is 0. The zero-order valence-corrected chi connectivity index (χ0v) is 9.41. The van der Waals surface area contributed by atoms with Gasteiger partial charge in [-0.15, -0.1) is 0 Å². The third kappa shape index (κ3) is 1.86. The molecule has 1 aliphatic rings. The fourth-order valence-electron chi connectivity index (χ4n) is 1.65. The standard InChI is InChI=1S/C10H8FNO4S/c11-17(13,14)10-7(3-4-15-10)9-5-8(12-16-9)6-1-2-6/h3-6H,1-2H2. The highest BCUT2D eigenvalue weighted by molar-refractivity contribution is 7.86. The highest BCUT2D eigenvalue weighted by Gasteiger charge is 2.29. The summed E-state index contributed by atoms with van der Waals surface area (Å²) in [6.45, 7) is 0. The molecule has 0 atom stereocenters. The average molecular weight is 257 g/mol. The van der Waals surface area contributed by atoms with Gasteiger partial charge in [0.2, 0.25) is 0 Å². The number of hydrogen-bond donors (Lipinski definition) is 0. The summed E-state index contributed by atoms with van der Waals surface area (Å²) in [5, 5.41) is 3.08. The third-order valence-electron chi connectivity index (χ3n) is 2.64. The Kier molecular flexibility index (Phi) is 2.12. The largest absolute Gasteiger partial charge is 0.450 e. The maximum absolute atomic E-state index is 12.9. The summed E-state index contributed by atoms with van der Waals surface area (Å²) in [5.41, 5.74) is 0.829. The highest BCUT2D eigenvalue weighted by atomic mass is 32.3. The van der Waals surface area contributed by atoms with E-state index in [2.05, 4.69) is 9.57 Å². The zero-order chi connectivity index (χ0) is 12.0. The summed E-state index contributed by atoms with van der Waals surface area (Å²) in [5.74, 6) is 0.585. The first kappa shape index (κ1) is 10.5. The minimum Gasteiger partial charge on any atom is -0.450 e. The molecule has 1 saturated carbocycles. The van der Waals surface area contributed by atoms with E-state index in [1.54, 1.807) is 6.07 Å². The van der Waals surface area contributed by atoms with Crippen LogP contribution in [-0.4, -0.2) is 13.6 Å². The summed E-state index contributed by atoms with van der Waals surface area (Å²) < 4.78 is 44.2. The van der Waals surface area contributed by atoms with E-state index in [4.69, 9.17) is 4.52 Å². The van der Waals surface area contributed by atoms with Crippen LogP contribution in [0.1, 0.15) is 24.5 Å². The maximum atomic E-state index is 12.9. The van der Waals surface area contributed by atoms with Crippen LogP contribution in [0.2, 0.25) is 0 Å². The number of rotatable bonds is 3. The Morgan fingerprint density at radius 1 is 1.41 bits per heavy atom. The Morgan fingerprint density at radius 2 is 2.18 bits per heavy atom. The van der Waals surface area contributed by atoms with Crippen LogP contribution in [0.25, 0.3) is 11.3 Å². The van der Waals surface area contributed by atoms with Crippen molar-refractivity contribution in [3.8, 4) is 11.3 Å². The van der Waals surface area contributed by atoms with Gasteiger partial charge in [0.1, 0.15) is 0 Å². The molecule has 0 spiro atoms. The van der Waals surface area contributed by atoms with Gasteiger partial charge >= 0.3 is 10.2 Å². The van der Waals surface area contributed by atoms with Crippen LogP contribution in [0.15, 0.2) is 32.4 Å². The molecule has 2 heterocycles. The van der Waals surface area contributed by atoms with E-state index in [1.165, 1.54) is 6.07 Å². The molecule has 0 radical (unpaired) electrons. The molecule has 17 heavy (non-hydrogen) atoms. The minimum atomic E-state index is -4.89. The van der Waals surface area contributed by atoms with Crippen LogP contribution in [0.5, 0.6) is 0 Å². The Morgan fingerprint density at radius 3 is 2.82 bits per heavy atom. The second kappa shape index (κ2) is 3.43. The van der Waals surface area contributed by atoms with Gasteiger partial charge < -0.3 is 8.94 Å². The van der Waals surface area contributed by atoms with Crippen LogP contribution in [-0.2, 0) is 10.2 Å². The lowest BCUT2D eigenvalue weighted by Gasteiger charge is -1.92. The molecule has 0 amide bonds. The van der Waals surface area contributed by atoms with Crippen molar-refractivity contribution in [2.45, 2.75) is 23.9 Å². The summed E-state index contributed by atoms with van der Waals surface area (Å²) in [6, 6.07) is 2.96. The van der Waals surface area contributed by atoms with Crippen molar-refractivity contribution in [1.29, 1.82) is 0 Å². The fraction of sp³-hybridized carbons (Fsp3) is 0.300. The van der Waals surface area contributed by atoms with Crippen molar-refractivity contribution in [3.05, 3.63) is 24.1 Å². The number of halogens is 1. The van der Waals surface area contributed by atoms with Crippen LogP contribution in [0.4, 0.5) is 3.89 Å². The second-order valence-electron chi connectivity index (χ2n) is 3.95. The molecule has 2 aromatic rings. The molecule has 1 aliphatic carbocycles. The minimum absolute atomic E-state index is 0.0619. The molecule has 5 nitrogen and oxygen atoms in total. The van der Waals surface area contributed by atoms with Gasteiger partial charge in [-0.3, -0.25) is 0 Å². The molecule has 2 aromatic heterocycles. The number of furan rings is 1. The third-order valence-corrected chi connectivity index (χ3v) is 3.40. The van der Waals surface area contributed by atoms with Crippen molar-refractivity contribution in [2.24, 2.45) is 0 Å². The molecule has 0 aromatic carbocycles. The highest BCUT2D eigenvalue weighted by Crippen LogP contribution is 2.41. The topological polar surface area (TPSA) is 73.3 Å². The van der Waals surface area contributed by atoms with Crippen LogP contribution < -0.4 is 0 Å². The number of nitrogens with zero attached hydrogens (tertiary/aromatic N) is 1. The average Bonchev–Trinajstić information content (AvgIpc) is 2.82. The molecular weight excluding hydrogens is 249 g/mol. The lowest BCUT2D eigenvalue weighted by atomic mass is 10.2. The molecule has 0 bridgehead atoms. The van der Waals surface area contributed by atoms with Gasteiger partial charge in [0, 0.05) is 12.0 Å². The van der Waals surface area contributed by atoms with E-state index in [9.17, 15) is 12.3 Å². The Bertz CT molecular complexity index is 653. The molecule has 0 saturated heterocycles. The molecule has 3 rings (SSSR count). The number of hydrogen-bond acceptors (Lipinski definition) is 5. The molecule has 0 aliphatic heterocycles. The smallest absolute Gasteiger partial charge is 0.366 e. The van der Waals surface area contributed by atoms with E-state index in [1.807, 2.05) is 0 Å². The van der Waals surface area contributed by atoms with Gasteiger partial charge in [0.25, 0.3) is 5.09 Å². The van der Waals surface area contributed by atoms with Crippen molar-refractivity contribution in [3.63, 3.8) is 0 Å². The van der Waals surface area contributed by atoms with Crippen molar-refractivity contribution in [2.75, 3.05) is 0 Å². The normalized spacial score (nSPS) is 16.3. The molecule has 90 valence electrons. The van der Waals surface area contributed by atoms with Crippen molar-refractivity contribution >= 4 is 10.2 Å². The fourth-order valence-corrected chi connectivity index (χ4v) is 2.26. The van der Waals surface area contributed by atoms with Crippen molar-refractivity contribution in [1.82, 2.24) is 5.16 Å². The molecular formula is C10H8FNO4S. The first-order chi connectivity index (χ1) is 8.05. The first-order valence-corrected chi connectivity index (χ1v) is 6.43. The summed E-state index contributed by atoms with van der Waals surface area (Å²) in [6.07, 6.45) is 3.19. The lowest BCUT2D eigenvalue weighted by Crippen LogP contribution is -1.91. The summed E-state index contributed by atoms with van der Waals surface area (Å²) >= 11 is 0. The lowest BCUT2D eigenvalue weighted by molar-refractivity contribution is 0.412. The Balaban J connectivity index is 2.05. The summed E-state index contributed by atoms with van der Waals surface area (Å²) in [7, 11) is -4.89. The first-order valence-electron chi connectivity index (χ1n) is 5.05. The second-order valence-corrected chi connectivity index (χ2v) is 5.20. The van der Waals surface area contributed by atoms with E-state index in [0.29, 0.717) is 5.92 Å². The van der Waals surface area contributed by atoms with Gasteiger partial charge in [-0.05, 0) is 18.9 Å². The molecule has 0 N–H and O–H groups in total. The Labute approximate surface area is 96.4 Å².